The summed E-state index contributed by atoms with van der Waals surface area (Å²) in [5, 5.41) is 0. The van der Waals surface area contributed by atoms with E-state index in [1.54, 1.807) is 24.1 Å². The molecule has 0 atom stereocenters. The summed E-state index contributed by atoms with van der Waals surface area (Å²) in [5.41, 5.74) is 1.49. The van der Waals surface area contributed by atoms with Gasteiger partial charge in [-0.3, -0.25) is 4.79 Å². The number of rotatable bonds is 3. The van der Waals surface area contributed by atoms with Crippen LogP contribution in [-0.4, -0.2) is 31.5 Å². The first kappa shape index (κ1) is 19.6. The Bertz CT molecular complexity index is 365. The monoisotopic (exact) mass is 265 g/mol. The Balaban J connectivity index is 0. The number of hydrogen-bond acceptors (Lipinski definition) is 2. The summed E-state index contributed by atoms with van der Waals surface area (Å²) >= 11 is 0. The number of nitrogens with zero attached hydrogens (tertiary/aromatic N) is 1. The number of likely N-dealkylation sites (N-methyl/N-ethyl adjacent to an activating group) is 1. The quantitative estimate of drug-likeness (QED) is 0.575. The summed E-state index contributed by atoms with van der Waals surface area (Å²) in [7, 11) is 3.28. The van der Waals surface area contributed by atoms with Crippen molar-refractivity contribution >= 4 is 5.91 Å². The minimum atomic E-state index is -0.0418. The normalized spacial score (nSPS) is 17.9. The predicted molar refractivity (Wildman–Crippen MR) is 82.8 cm³/mol. The molecule has 1 aliphatic rings. The minimum absolute atomic E-state index is 0.0418. The molecule has 0 N–H and O–H groups in total. The third kappa shape index (κ3) is 5.16. The van der Waals surface area contributed by atoms with Crippen LogP contribution in [0, 0.1) is 0 Å². The SMILES string of the molecule is C=C/C=C1/CN(C)C(=O)/C1=C(/C=C)OC.CC.CC. The van der Waals surface area contributed by atoms with Gasteiger partial charge in [-0.05, 0) is 11.6 Å². The fourth-order valence-corrected chi connectivity index (χ4v) is 1.56. The molecule has 0 unspecified atom stereocenters. The smallest absolute Gasteiger partial charge is 0.258 e. The van der Waals surface area contributed by atoms with Gasteiger partial charge in [0.05, 0.1) is 12.7 Å². The second-order valence-corrected chi connectivity index (χ2v) is 3.24. The highest BCUT2D eigenvalue weighted by Gasteiger charge is 2.30. The van der Waals surface area contributed by atoms with E-state index >= 15 is 0 Å². The molecule has 3 heteroatoms. The lowest BCUT2D eigenvalue weighted by atomic mass is 10.1. The van der Waals surface area contributed by atoms with Crippen LogP contribution in [0.15, 0.2) is 48.3 Å². The van der Waals surface area contributed by atoms with Crippen LogP contribution in [-0.2, 0) is 9.53 Å². The zero-order valence-electron chi connectivity index (χ0n) is 13.1. The van der Waals surface area contributed by atoms with Crippen LogP contribution in [0.5, 0.6) is 0 Å². The Kier molecular flexibility index (Phi) is 11.7. The molecule has 1 fully saturated rings. The molecule has 1 saturated heterocycles. The van der Waals surface area contributed by atoms with E-state index in [4.69, 9.17) is 4.74 Å². The van der Waals surface area contributed by atoms with Crippen molar-refractivity contribution in [3.63, 3.8) is 0 Å². The summed E-state index contributed by atoms with van der Waals surface area (Å²) in [4.78, 5) is 13.4. The third-order valence-corrected chi connectivity index (χ3v) is 2.26. The zero-order valence-corrected chi connectivity index (χ0v) is 13.1. The highest BCUT2D eigenvalue weighted by molar-refractivity contribution is 6.02. The molecule has 1 rings (SSSR count). The lowest BCUT2D eigenvalue weighted by Gasteiger charge is -2.06. The summed E-state index contributed by atoms with van der Waals surface area (Å²) in [6.07, 6.45) is 5.03. The van der Waals surface area contributed by atoms with E-state index < -0.39 is 0 Å². The maximum atomic E-state index is 11.8. The Morgan fingerprint density at radius 2 is 1.79 bits per heavy atom. The standard InChI is InChI=1S/C12H15NO2.2C2H6/c1-5-7-9-8-13(3)12(14)11(9)10(6-2)15-4;2*1-2/h5-7H,1-2,8H2,3-4H3;2*1-2H3/b9-7-,11-10-;;. The van der Waals surface area contributed by atoms with Crippen molar-refractivity contribution in [2.24, 2.45) is 0 Å². The maximum absolute atomic E-state index is 11.8. The highest BCUT2D eigenvalue weighted by Crippen LogP contribution is 2.26. The van der Waals surface area contributed by atoms with Crippen LogP contribution in [0.2, 0.25) is 0 Å². The third-order valence-electron chi connectivity index (χ3n) is 2.26. The fourth-order valence-electron chi connectivity index (χ4n) is 1.56. The molecule has 3 nitrogen and oxygen atoms in total. The van der Waals surface area contributed by atoms with E-state index in [-0.39, 0.29) is 5.91 Å². The molecule has 0 bridgehead atoms. The summed E-state index contributed by atoms with van der Waals surface area (Å²) in [6, 6.07) is 0. The maximum Gasteiger partial charge on any atom is 0.258 e. The lowest BCUT2D eigenvalue weighted by molar-refractivity contribution is -0.123. The van der Waals surface area contributed by atoms with E-state index in [2.05, 4.69) is 13.2 Å². The molecule has 1 heterocycles. The number of allylic oxidation sites excluding steroid dienone is 3. The number of carbonyl (C=O) groups excluding carboxylic acids is 1. The van der Waals surface area contributed by atoms with Crippen molar-refractivity contribution < 1.29 is 9.53 Å². The van der Waals surface area contributed by atoms with Crippen LogP contribution in [0.1, 0.15) is 27.7 Å². The van der Waals surface area contributed by atoms with Gasteiger partial charge in [-0.25, -0.2) is 0 Å². The average molecular weight is 265 g/mol. The van der Waals surface area contributed by atoms with Crippen LogP contribution in [0.3, 0.4) is 0 Å². The second kappa shape index (κ2) is 11.3. The highest BCUT2D eigenvalue weighted by atomic mass is 16.5. The van der Waals surface area contributed by atoms with Crippen molar-refractivity contribution in [2.45, 2.75) is 27.7 Å². The van der Waals surface area contributed by atoms with Crippen molar-refractivity contribution in [3.8, 4) is 0 Å². The molecule has 0 aliphatic carbocycles. The second-order valence-electron chi connectivity index (χ2n) is 3.24. The first-order valence-electron chi connectivity index (χ1n) is 6.63. The summed E-state index contributed by atoms with van der Waals surface area (Å²) in [5.74, 6) is 0.470. The summed E-state index contributed by atoms with van der Waals surface area (Å²) in [6.45, 7) is 15.8. The first-order valence-corrected chi connectivity index (χ1v) is 6.63. The molecule has 0 saturated carbocycles. The predicted octanol–water partition coefficient (Wildman–Crippen LogP) is 3.71. The van der Waals surface area contributed by atoms with E-state index in [0.29, 0.717) is 17.9 Å². The number of hydrogen-bond donors (Lipinski definition) is 0. The van der Waals surface area contributed by atoms with Gasteiger partial charge in [0.1, 0.15) is 5.76 Å². The van der Waals surface area contributed by atoms with Gasteiger partial charge in [0, 0.05) is 13.6 Å². The molecule has 0 aromatic rings. The van der Waals surface area contributed by atoms with E-state index in [1.165, 1.54) is 7.11 Å². The molecule has 0 radical (unpaired) electrons. The van der Waals surface area contributed by atoms with Gasteiger partial charge in [0.2, 0.25) is 0 Å². The van der Waals surface area contributed by atoms with Gasteiger partial charge >= 0.3 is 0 Å². The largest absolute Gasteiger partial charge is 0.496 e. The molecule has 108 valence electrons. The van der Waals surface area contributed by atoms with Gasteiger partial charge < -0.3 is 9.64 Å². The number of amides is 1. The van der Waals surface area contributed by atoms with E-state index in [0.717, 1.165) is 5.57 Å². The van der Waals surface area contributed by atoms with Gasteiger partial charge in [-0.2, -0.15) is 0 Å². The van der Waals surface area contributed by atoms with Crippen molar-refractivity contribution in [2.75, 3.05) is 20.7 Å². The molecule has 0 aromatic heterocycles. The number of likely N-dealkylation sites (tertiary alicyclic amines) is 1. The van der Waals surface area contributed by atoms with Crippen LogP contribution < -0.4 is 0 Å². The first-order chi connectivity index (χ1) is 9.15. The van der Waals surface area contributed by atoms with E-state index in [9.17, 15) is 4.79 Å². The molecule has 1 amide bonds. The Morgan fingerprint density at radius 1 is 1.26 bits per heavy atom. The average Bonchev–Trinajstić information content (AvgIpc) is 2.73. The van der Waals surface area contributed by atoms with E-state index in [1.807, 2.05) is 33.8 Å². The number of ether oxygens (including phenoxy) is 1. The molecule has 1 aliphatic heterocycles. The molecular formula is C16H27NO2. The Hall–Kier alpha value is -1.77. The van der Waals surface area contributed by atoms with Gasteiger partial charge in [-0.1, -0.05) is 53.0 Å². The Morgan fingerprint density at radius 3 is 2.16 bits per heavy atom. The lowest BCUT2D eigenvalue weighted by Crippen LogP contribution is -2.19. The Labute approximate surface area is 117 Å². The minimum Gasteiger partial charge on any atom is -0.496 e. The fraction of sp³-hybridized carbons (Fsp3) is 0.438. The van der Waals surface area contributed by atoms with Crippen molar-refractivity contribution in [1.29, 1.82) is 0 Å². The van der Waals surface area contributed by atoms with Gasteiger partial charge in [0.15, 0.2) is 0 Å². The van der Waals surface area contributed by atoms with Crippen molar-refractivity contribution in [3.05, 3.63) is 48.3 Å². The molecule has 0 spiro atoms. The van der Waals surface area contributed by atoms with Crippen LogP contribution in [0.4, 0.5) is 0 Å². The van der Waals surface area contributed by atoms with Crippen LogP contribution in [0.25, 0.3) is 0 Å². The zero-order chi connectivity index (χ0) is 15.4. The number of methoxy groups -OCH3 is 1. The van der Waals surface area contributed by atoms with Crippen molar-refractivity contribution in [1.82, 2.24) is 4.90 Å². The van der Waals surface area contributed by atoms with Gasteiger partial charge in [0.25, 0.3) is 5.91 Å². The summed E-state index contributed by atoms with van der Waals surface area (Å²) < 4.78 is 5.12. The van der Waals surface area contributed by atoms with Crippen LogP contribution >= 0.6 is 0 Å². The van der Waals surface area contributed by atoms with Gasteiger partial charge in [-0.15, -0.1) is 0 Å². The molecular weight excluding hydrogens is 238 g/mol. The molecule has 19 heavy (non-hydrogen) atoms. The number of carbonyl (C=O) groups is 1. The molecule has 0 aromatic carbocycles. The topological polar surface area (TPSA) is 29.5 Å².